The molecule has 10 heteroatoms. The summed E-state index contributed by atoms with van der Waals surface area (Å²) in [4.78, 5) is 55.7. The van der Waals surface area contributed by atoms with Crippen molar-refractivity contribution in [1.82, 2.24) is 9.80 Å². The van der Waals surface area contributed by atoms with E-state index in [4.69, 9.17) is 18.9 Å². The maximum atomic E-state index is 13.8. The zero-order valence-electron chi connectivity index (χ0n) is 47.2. The molecule has 0 atom stereocenters. The van der Waals surface area contributed by atoms with Gasteiger partial charge in [0.1, 0.15) is 24.9 Å². The molecule has 0 unspecified atom stereocenters. The fourth-order valence-electron chi connectivity index (χ4n) is 9.12. The second-order valence-corrected chi connectivity index (χ2v) is 20.8. The number of rotatable bonds is 52. The molecule has 0 heterocycles. The lowest BCUT2D eigenvalue weighted by Crippen LogP contribution is -2.37. The van der Waals surface area contributed by atoms with Crippen molar-refractivity contribution < 1.29 is 38.1 Å². The van der Waals surface area contributed by atoms with Crippen LogP contribution in [0.1, 0.15) is 291 Å². The van der Waals surface area contributed by atoms with Crippen LogP contribution in [0.15, 0.2) is 12.2 Å². The third-order valence-corrected chi connectivity index (χ3v) is 13.5. The van der Waals surface area contributed by atoms with E-state index in [-0.39, 0.29) is 55.3 Å². The van der Waals surface area contributed by atoms with Crippen LogP contribution in [0.3, 0.4) is 0 Å². The minimum atomic E-state index is -0.282. The Bertz CT molecular complexity index is 1140. The number of carbonyl (C=O) groups excluding carboxylic acids is 4. The molecule has 0 N–H and O–H groups in total. The number of esters is 3. The van der Waals surface area contributed by atoms with Crippen LogP contribution in [0.5, 0.6) is 0 Å². The molecule has 0 aromatic rings. The van der Waals surface area contributed by atoms with Gasteiger partial charge in [0.05, 0.1) is 0 Å². The molecule has 1 amide bonds. The molecule has 0 bridgehead atoms. The number of amides is 1. The van der Waals surface area contributed by atoms with Gasteiger partial charge in [0, 0.05) is 32.4 Å². The number of hydrogen-bond donors (Lipinski definition) is 0. The molecule has 70 heavy (non-hydrogen) atoms. The van der Waals surface area contributed by atoms with Gasteiger partial charge in [0.25, 0.3) is 0 Å². The minimum absolute atomic E-state index is 0.0267. The number of hydrogen-bond acceptors (Lipinski definition) is 9. The second kappa shape index (κ2) is 51.3. The largest absolute Gasteiger partial charge is 0.462 e. The lowest BCUT2D eigenvalue weighted by molar-refractivity contribution is -0.151. The lowest BCUT2D eigenvalue weighted by atomic mass is 10.0. The van der Waals surface area contributed by atoms with E-state index >= 15 is 0 Å². The van der Waals surface area contributed by atoms with E-state index in [9.17, 15) is 19.2 Å². The van der Waals surface area contributed by atoms with Gasteiger partial charge in [0.15, 0.2) is 0 Å². The summed E-state index contributed by atoms with van der Waals surface area (Å²) >= 11 is 0. The van der Waals surface area contributed by atoms with Crippen LogP contribution in [0.2, 0.25) is 0 Å². The van der Waals surface area contributed by atoms with Crippen LogP contribution < -0.4 is 0 Å². The summed E-state index contributed by atoms with van der Waals surface area (Å²) in [6, 6.07) is 0. The maximum Gasteiger partial charge on any atom is 0.410 e. The Kier molecular flexibility index (Phi) is 49.4. The van der Waals surface area contributed by atoms with Gasteiger partial charge in [-0.2, -0.15) is 0 Å². The SMILES string of the molecule is CC/C=C\COC(=O)CCCN(CCCN(C)C)C(=O)OC(CCCCCCCCC(=O)OC(CCCCCC)CCCCCC)CCCCCCCCC(=O)OC(CCCCCC)CCCCCC. The molecule has 0 aliphatic heterocycles. The van der Waals surface area contributed by atoms with E-state index in [1.165, 1.54) is 77.0 Å². The average Bonchev–Trinajstić information content (AvgIpc) is 3.33. The smallest absolute Gasteiger partial charge is 0.410 e. The summed E-state index contributed by atoms with van der Waals surface area (Å²) in [7, 11) is 4.07. The second-order valence-electron chi connectivity index (χ2n) is 20.8. The number of allylic oxidation sites excluding steroid dienone is 1. The first-order valence-electron chi connectivity index (χ1n) is 29.9. The Labute approximate surface area is 432 Å². The molecule has 0 aromatic carbocycles. The van der Waals surface area contributed by atoms with Gasteiger partial charge >= 0.3 is 24.0 Å². The highest BCUT2D eigenvalue weighted by Crippen LogP contribution is 2.22. The number of unbranched alkanes of at least 4 members (excludes halogenated alkanes) is 22. The van der Waals surface area contributed by atoms with Crippen molar-refractivity contribution in [3.05, 3.63) is 12.2 Å². The zero-order valence-corrected chi connectivity index (χ0v) is 47.2. The van der Waals surface area contributed by atoms with Crippen molar-refractivity contribution in [3.8, 4) is 0 Å². The first-order valence-corrected chi connectivity index (χ1v) is 29.9. The first kappa shape index (κ1) is 67.4. The summed E-state index contributed by atoms with van der Waals surface area (Å²) in [6.45, 7) is 13.1. The minimum Gasteiger partial charge on any atom is -0.462 e. The highest BCUT2D eigenvalue weighted by Gasteiger charge is 2.21. The molecule has 0 saturated heterocycles. The van der Waals surface area contributed by atoms with Crippen LogP contribution in [-0.4, -0.2) is 92.4 Å². The van der Waals surface area contributed by atoms with Gasteiger partial charge in [-0.05, 0) is 130 Å². The van der Waals surface area contributed by atoms with Crippen molar-refractivity contribution in [3.63, 3.8) is 0 Å². The van der Waals surface area contributed by atoms with E-state index in [0.29, 0.717) is 32.4 Å². The van der Waals surface area contributed by atoms with Gasteiger partial charge in [0.2, 0.25) is 0 Å². The fourth-order valence-corrected chi connectivity index (χ4v) is 9.12. The van der Waals surface area contributed by atoms with Crippen LogP contribution >= 0.6 is 0 Å². The number of ether oxygens (including phenoxy) is 4. The van der Waals surface area contributed by atoms with Crippen LogP contribution in [0.25, 0.3) is 0 Å². The van der Waals surface area contributed by atoms with Crippen molar-refractivity contribution in [2.24, 2.45) is 0 Å². The van der Waals surface area contributed by atoms with Gasteiger partial charge in [-0.3, -0.25) is 14.4 Å². The van der Waals surface area contributed by atoms with Gasteiger partial charge in [-0.1, -0.05) is 175 Å². The molecule has 0 rings (SSSR count). The molecule has 0 radical (unpaired) electrons. The van der Waals surface area contributed by atoms with Crippen molar-refractivity contribution >= 4 is 24.0 Å². The zero-order chi connectivity index (χ0) is 51.6. The van der Waals surface area contributed by atoms with Gasteiger partial charge in [-0.15, -0.1) is 0 Å². The Hall–Kier alpha value is -2.62. The number of carbonyl (C=O) groups is 4. The van der Waals surface area contributed by atoms with E-state index in [1.807, 2.05) is 33.2 Å². The van der Waals surface area contributed by atoms with Crippen molar-refractivity contribution in [2.75, 3.05) is 40.3 Å². The molecule has 0 spiro atoms. The molecular weight excluding hydrogens is 877 g/mol. The highest BCUT2D eigenvalue weighted by atomic mass is 16.6. The Morgan fingerprint density at radius 3 is 1.10 bits per heavy atom. The summed E-state index contributed by atoms with van der Waals surface area (Å²) < 4.78 is 23.7. The van der Waals surface area contributed by atoms with Gasteiger partial charge < -0.3 is 28.7 Å². The Morgan fingerprint density at radius 1 is 0.371 bits per heavy atom. The van der Waals surface area contributed by atoms with E-state index < -0.39 is 0 Å². The standard InChI is InChI=1S/C60H114N2O8/c1-8-13-18-30-41-54(42-31-19-14-9-2)68-58(64)47-36-28-24-22-26-34-45-56(70-60(66)62(52-40-50-61(6)7)51-39-49-57(63)67-53-38-17-12-5)46-35-27-23-25-29-37-48-59(65)69-55(43-32-20-15-10-3)44-33-21-16-11-4/h17,38,54-56H,8-16,18-37,39-53H2,1-7H3/b38-17-. The van der Waals surface area contributed by atoms with Crippen molar-refractivity contribution in [2.45, 2.75) is 310 Å². The average molecular weight is 992 g/mol. The van der Waals surface area contributed by atoms with Gasteiger partial charge in [-0.25, -0.2) is 4.79 Å². The maximum absolute atomic E-state index is 13.8. The molecule has 0 saturated carbocycles. The topological polar surface area (TPSA) is 112 Å². The molecule has 0 fully saturated rings. The molecule has 0 aliphatic rings. The Balaban J connectivity index is 5.17. The van der Waals surface area contributed by atoms with Crippen LogP contribution in [0.4, 0.5) is 4.79 Å². The lowest BCUT2D eigenvalue weighted by Gasteiger charge is -2.26. The van der Waals surface area contributed by atoms with E-state index in [1.54, 1.807) is 4.90 Å². The van der Waals surface area contributed by atoms with Crippen LogP contribution in [0, 0.1) is 0 Å². The normalized spacial score (nSPS) is 11.7. The van der Waals surface area contributed by atoms with Crippen LogP contribution in [-0.2, 0) is 33.3 Å². The summed E-state index contributed by atoms with van der Waals surface area (Å²) in [5.74, 6) is -0.299. The van der Waals surface area contributed by atoms with E-state index in [2.05, 4.69) is 32.6 Å². The predicted octanol–water partition coefficient (Wildman–Crippen LogP) is 17.0. The quantitative estimate of drug-likeness (QED) is 0.0254. The first-order chi connectivity index (χ1) is 34.1. The molecule has 0 aliphatic carbocycles. The third kappa shape index (κ3) is 45.3. The molecule has 0 aromatic heterocycles. The predicted molar refractivity (Wildman–Crippen MR) is 293 cm³/mol. The number of nitrogens with zero attached hydrogens (tertiary/aromatic N) is 2. The molecular formula is C60H114N2O8. The monoisotopic (exact) mass is 991 g/mol. The summed E-state index contributed by atoms with van der Waals surface area (Å²) in [5, 5.41) is 0. The fraction of sp³-hybridized carbons (Fsp3) is 0.900. The summed E-state index contributed by atoms with van der Waals surface area (Å²) in [6.07, 6.45) is 44.3. The van der Waals surface area contributed by atoms with Crippen molar-refractivity contribution in [1.29, 1.82) is 0 Å². The Morgan fingerprint density at radius 2 is 0.714 bits per heavy atom. The molecule has 10 nitrogen and oxygen atoms in total. The highest BCUT2D eigenvalue weighted by molar-refractivity contribution is 5.70. The summed E-state index contributed by atoms with van der Waals surface area (Å²) in [5.41, 5.74) is 0. The van der Waals surface area contributed by atoms with E-state index in [0.717, 1.165) is 161 Å². The molecule has 412 valence electrons. The third-order valence-electron chi connectivity index (χ3n) is 13.5.